The van der Waals surface area contributed by atoms with Gasteiger partial charge in [0.05, 0.1) is 11.6 Å². The summed E-state index contributed by atoms with van der Waals surface area (Å²) in [5.41, 5.74) is 13.7. The maximum atomic E-state index is 12.3. The van der Waals surface area contributed by atoms with Gasteiger partial charge in [0.1, 0.15) is 11.9 Å². The topological polar surface area (TPSA) is 207 Å². The first-order valence-electron chi connectivity index (χ1n) is 9.58. The molecule has 168 valence electrons. The minimum Gasteiger partial charge on any atom is -0.481 e. The Kier molecular flexibility index (Phi) is 6.85. The minimum absolute atomic E-state index is 0.0320. The summed E-state index contributed by atoms with van der Waals surface area (Å²) in [6.07, 6.45) is 0.959. The van der Waals surface area contributed by atoms with Crippen molar-refractivity contribution in [3.05, 3.63) is 47.2 Å². The molecular formula is C20H22N6O6. The number of hydrogen-bond acceptors (Lipinski definition) is 9. The number of furan rings is 1. The highest BCUT2D eigenvalue weighted by atomic mass is 16.4. The zero-order valence-corrected chi connectivity index (χ0v) is 16.9. The van der Waals surface area contributed by atoms with Crippen LogP contribution >= 0.6 is 0 Å². The van der Waals surface area contributed by atoms with Crippen LogP contribution in [0, 0.1) is 0 Å². The van der Waals surface area contributed by atoms with Gasteiger partial charge in [-0.25, -0.2) is 4.79 Å². The highest BCUT2D eigenvalue weighted by Gasteiger charge is 2.21. The van der Waals surface area contributed by atoms with E-state index in [1.807, 2.05) is 0 Å². The fraction of sp³-hybridized carbons (Fsp3) is 0.250. The summed E-state index contributed by atoms with van der Waals surface area (Å²) in [7, 11) is 0. The normalized spacial score (nSPS) is 11.9. The van der Waals surface area contributed by atoms with Gasteiger partial charge in [-0.2, -0.15) is 9.97 Å². The van der Waals surface area contributed by atoms with Gasteiger partial charge in [-0.15, -0.1) is 0 Å². The predicted molar refractivity (Wildman–Crippen MR) is 113 cm³/mol. The van der Waals surface area contributed by atoms with Crippen LogP contribution in [0.2, 0.25) is 0 Å². The number of nitrogens with zero attached hydrogens (tertiary/aromatic N) is 2. The molecule has 32 heavy (non-hydrogen) atoms. The molecule has 0 saturated heterocycles. The molecule has 0 aliphatic rings. The largest absolute Gasteiger partial charge is 0.481 e. The van der Waals surface area contributed by atoms with Gasteiger partial charge >= 0.3 is 11.9 Å². The number of carboxylic acids is 2. The van der Waals surface area contributed by atoms with E-state index >= 15 is 0 Å². The molecule has 3 aromatic rings. The van der Waals surface area contributed by atoms with Crippen molar-refractivity contribution in [3.8, 4) is 0 Å². The maximum Gasteiger partial charge on any atom is 0.326 e. The van der Waals surface area contributed by atoms with Gasteiger partial charge in [-0.3, -0.25) is 9.59 Å². The first-order chi connectivity index (χ1) is 15.2. The van der Waals surface area contributed by atoms with Crippen molar-refractivity contribution in [3.63, 3.8) is 0 Å². The quantitative estimate of drug-likeness (QED) is 0.258. The molecule has 0 saturated carbocycles. The van der Waals surface area contributed by atoms with Crippen molar-refractivity contribution < 1.29 is 29.0 Å². The zero-order valence-electron chi connectivity index (χ0n) is 16.9. The Morgan fingerprint density at radius 2 is 1.78 bits per heavy atom. The van der Waals surface area contributed by atoms with Crippen LogP contribution in [0.3, 0.4) is 0 Å². The van der Waals surface area contributed by atoms with E-state index in [-0.39, 0.29) is 30.2 Å². The fourth-order valence-electron chi connectivity index (χ4n) is 3.06. The van der Waals surface area contributed by atoms with Crippen LogP contribution in [0.5, 0.6) is 0 Å². The van der Waals surface area contributed by atoms with Crippen LogP contribution in [-0.4, -0.2) is 44.1 Å². The number of nitrogen functional groups attached to an aromatic ring is 2. The van der Waals surface area contributed by atoms with E-state index in [9.17, 15) is 14.4 Å². The highest BCUT2D eigenvalue weighted by Crippen LogP contribution is 2.24. The number of carboxylic acid groups (broad SMARTS) is 2. The maximum absolute atomic E-state index is 12.3. The smallest absolute Gasteiger partial charge is 0.326 e. The van der Waals surface area contributed by atoms with E-state index in [0.717, 1.165) is 11.1 Å². The van der Waals surface area contributed by atoms with Crippen molar-refractivity contribution in [1.29, 1.82) is 0 Å². The predicted octanol–water partition coefficient (Wildman–Crippen LogP) is 0.725. The van der Waals surface area contributed by atoms with Gasteiger partial charge in [0, 0.05) is 30.6 Å². The number of aliphatic carboxylic acids is 2. The number of carbonyl (C=O) groups is 3. The van der Waals surface area contributed by atoms with E-state index in [4.69, 9.17) is 26.1 Å². The molecule has 2 heterocycles. The molecule has 0 unspecified atom stereocenters. The summed E-state index contributed by atoms with van der Waals surface area (Å²) >= 11 is 0. The van der Waals surface area contributed by atoms with E-state index < -0.39 is 23.9 Å². The summed E-state index contributed by atoms with van der Waals surface area (Å²) in [4.78, 5) is 42.1. The summed E-state index contributed by atoms with van der Waals surface area (Å²) in [5.74, 6) is -2.76. The molecule has 0 bridgehead atoms. The Morgan fingerprint density at radius 1 is 1.06 bits per heavy atom. The van der Waals surface area contributed by atoms with Crippen LogP contribution in [0.25, 0.3) is 11.1 Å². The molecule has 0 spiro atoms. The summed E-state index contributed by atoms with van der Waals surface area (Å²) in [6, 6.07) is 5.28. The van der Waals surface area contributed by atoms with E-state index in [1.54, 1.807) is 24.3 Å². The Morgan fingerprint density at radius 3 is 2.44 bits per heavy atom. The van der Waals surface area contributed by atoms with Crippen molar-refractivity contribution in [2.75, 3.05) is 11.5 Å². The zero-order chi connectivity index (χ0) is 23.3. The first kappa shape index (κ1) is 22.5. The Labute approximate surface area is 181 Å². The third-order valence-electron chi connectivity index (χ3n) is 4.67. The number of fused-ring (bicyclic) bond motifs is 1. The lowest BCUT2D eigenvalue weighted by Gasteiger charge is -2.13. The molecule has 8 N–H and O–H groups in total. The van der Waals surface area contributed by atoms with Gasteiger partial charge in [-0.1, -0.05) is 12.1 Å². The Balaban J connectivity index is 1.56. The number of nitrogens with one attached hydrogen (secondary N) is 2. The second-order valence-electron chi connectivity index (χ2n) is 7.01. The molecule has 3 rings (SSSR count). The molecule has 0 radical (unpaired) electrons. The van der Waals surface area contributed by atoms with Crippen LogP contribution in [0.4, 0.5) is 11.8 Å². The fourth-order valence-corrected chi connectivity index (χ4v) is 3.06. The lowest BCUT2D eigenvalue weighted by molar-refractivity contribution is -0.140. The summed E-state index contributed by atoms with van der Waals surface area (Å²) in [5, 5.41) is 24.0. The molecule has 0 fully saturated rings. The molecule has 1 aromatic carbocycles. The molecule has 0 aliphatic heterocycles. The first-order valence-corrected chi connectivity index (χ1v) is 9.58. The average Bonchev–Trinajstić information content (AvgIpc) is 3.14. The lowest BCUT2D eigenvalue weighted by atomic mass is 10.1. The Hall–Kier alpha value is -4.19. The molecule has 1 atom stereocenters. The SMILES string of the molecule is Nc1nc(N)c2c(CNCc3ccc(C(=O)N[C@@H](CCC(=O)O)C(=O)O)cc3)coc2n1. The van der Waals surface area contributed by atoms with Gasteiger partial charge in [0.15, 0.2) is 0 Å². The van der Waals surface area contributed by atoms with Crippen molar-refractivity contribution in [2.45, 2.75) is 32.0 Å². The number of rotatable bonds is 10. The van der Waals surface area contributed by atoms with Crippen molar-refractivity contribution >= 4 is 40.7 Å². The number of hydrogen-bond donors (Lipinski definition) is 6. The van der Waals surface area contributed by atoms with Crippen LogP contribution in [-0.2, 0) is 22.7 Å². The molecule has 12 nitrogen and oxygen atoms in total. The molecular weight excluding hydrogens is 420 g/mol. The Bertz CT molecular complexity index is 1140. The van der Waals surface area contributed by atoms with Gasteiger partial charge in [-0.05, 0) is 24.1 Å². The van der Waals surface area contributed by atoms with Crippen LogP contribution in [0.1, 0.15) is 34.3 Å². The van der Waals surface area contributed by atoms with Gasteiger partial charge in [0.25, 0.3) is 5.91 Å². The molecule has 0 aliphatic carbocycles. The number of amides is 1. The average molecular weight is 442 g/mol. The second kappa shape index (κ2) is 9.75. The number of anilines is 2. The third kappa shape index (κ3) is 5.49. The summed E-state index contributed by atoms with van der Waals surface area (Å²) < 4.78 is 5.36. The molecule has 1 amide bonds. The number of carbonyl (C=O) groups excluding carboxylic acids is 1. The highest BCUT2D eigenvalue weighted by molar-refractivity contribution is 5.96. The lowest BCUT2D eigenvalue weighted by Crippen LogP contribution is -2.41. The number of nitrogens with two attached hydrogens (primary N) is 2. The third-order valence-corrected chi connectivity index (χ3v) is 4.67. The summed E-state index contributed by atoms with van der Waals surface area (Å²) in [6.45, 7) is 0.900. The van der Waals surface area contributed by atoms with E-state index in [0.29, 0.717) is 24.2 Å². The van der Waals surface area contributed by atoms with Crippen molar-refractivity contribution in [1.82, 2.24) is 20.6 Å². The molecule has 12 heteroatoms. The molecule has 2 aromatic heterocycles. The second-order valence-corrected chi connectivity index (χ2v) is 7.01. The minimum atomic E-state index is -1.29. The number of benzene rings is 1. The van der Waals surface area contributed by atoms with Crippen LogP contribution in [0.15, 0.2) is 34.9 Å². The number of aromatic nitrogens is 2. The van der Waals surface area contributed by atoms with Crippen LogP contribution < -0.4 is 22.1 Å². The monoisotopic (exact) mass is 442 g/mol. The van der Waals surface area contributed by atoms with Gasteiger partial charge in [0.2, 0.25) is 11.7 Å². The standard InChI is InChI=1S/C20H22N6O6/c21-16-15-12(9-32-18(15)26-20(22)25-16)8-23-7-10-1-3-11(4-2-10)17(29)24-13(19(30)31)5-6-14(27)28/h1-4,9,13,23H,5-8H2,(H,24,29)(H,27,28)(H,30,31)(H4,21,22,25,26)/t13-/m0/s1. The van der Waals surface area contributed by atoms with Crippen molar-refractivity contribution in [2.24, 2.45) is 0 Å². The van der Waals surface area contributed by atoms with E-state index in [1.165, 1.54) is 6.26 Å². The van der Waals surface area contributed by atoms with Gasteiger partial charge < -0.3 is 36.7 Å². The van der Waals surface area contributed by atoms with E-state index in [2.05, 4.69) is 20.6 Å².